The molecule has 0 saturated heterocycles. The average Bonchev–Trinajstić information content (AvgIpc) is 3.25. The first-order valence-electron chi connectivity index (χ1n) is 9.59. The summed E-state index contributed by atoms with van der Waals surface area (Å²) < 4.78 is 5.21. The number of aromatic amines is 2. The average molecular weight is 367 g/mol. The van der Waals surface area contributed by atoms with Crippen LogP contribution >= 0.6 is 0 Å². The van der Waals surface area contributed by atoms with Gasteiger partial charge in [0.2, 0.25) is 0 Å². The zero-order valence-electron chi connectivity index (χ0n) is 14.7. The summed E-state index contributed by atoms with van der Waals surface area (Å²) in [5.74, 6) is 1.23. The van der Waals surface area contributed by atoms with Crippen molar-refractivity contribution in [1.82, 2.24) is 20.2 Å². The smallest absolute Gasteiger partial charge is 0.390 e. The molecule has 0 aromatic carbocycles. The molecule has 0 spiro atoms. The molecule has 4 bridgehead atoms. The van der Waals surface area contributed by atoms with Gasteiger partial charge >= 0.3 is 5.76 Å². The summed E-state index contributed by atoms with van der Waals surface area (Å²) in [4.78, 5) is 19.0. The van der Waals surface area contributed by atoms with E-state index in [1.54, 1.807) is 6.20 Å². The van der Waals surface area contributed by atoms with Crippen molar-refractivity contribution in [3.8, 4) is 11.5 Å². The molecule has 0 radical (unpaired) electrons. The van der Waals surface area contributed by atoms with E-state index in [4.69, 9.17) is 4.42 Å². The standard InChI is InChI=1S/C19H21N5O3/c25-18-24-23-17(27-18)13-8-21-16-12(1-2-20-16)15(13)22-14-10-3-9-4-11(14)7-19(26,5-9)6-10/h1-2,8-11,14,26H,3-7H2,(H,24,25)(H2,20,21,22)/t9?,10-,11+,14?,19?. The van der Waals surface area contributed by atoms with Crippen LogP contribution in [0.4, 0.5) is 5.69 Å². The summed E-state index contributed by atoms with van der Waals surface area (Å²) in [5, 5.41) is 21.9. The van der Waals surface area contributed by atoms with Crippen LogP contribution < -0.4 is 11.1 Å². The molecule has 3 heterocycles. The van der Waals surface area contributed by atoms with Gasteiger partial charge in [-0.05, 0) is 55.9 Å². The van der Waals surface area contributed by atoms with Crippen LogP contribution in [0.15, 0.2) is 27.7 Å². The van der Waals surface area contributed by atoms with Crippen LogP contribution in [0.5, 0.6) is 0 Å². The highest BCUT2D eigenvalue weighted by Gasteiger charge is 2.54. The molecule has 3 aromatic heterocycles. The molecule has 27 heavy (non-hydrogen) atoms. The second kappa shape index (κ2) is 5.22. The fraction of sp³-hybridized carbons (Fsp3) is 0.526. The number of anilines is 1. The van der Waals surface area contributed by atoms with Crippen LogP contribution in [-0.2, 0) is 0 Å². The Bertz CT molecular complexity index is 1070. The first-order chi connectivity index (χ1) is 13.1. The molecule has 0 aliphatic heterocycles. The Morgan fingerprint density at radius 1 is 1.26 bits per heavy atom. The van der Waals surface area contributed by atoms with Crippen LogP contribution in [0.1, 0.15) is 32.1 Å². The maximum Gasteiger partial charge on any atom is 0.434 e. The minimum absolute atomic E-state index is 0.237. The summed E-state index contributed by atoms with van der Waals surface area (Å²) in [5.41, 5.74) is 1.88. The molecule has 4 fully saturated rings. The van der Waals surface area contributed by atoms with Crippen LogP contribution in [0.2, 0.25) is 0 Å². The van der Waals surface area contributed by atoms with E-state index < -0.39 is 11.4 Å². The number of hydrogen-bond donors (Lipinski definition) is 4. The Labute approximate surface area is 154 Å². The number of aliphatic hydroxyl groups is 1. The molecule has 4 aliphatic rings. The Hall–Kier alpha value is -2.61. The van der Waals surface area contributed by atoms with Crippen LogP contribution in [0.25, 0.3) is 22.5 Å². The van der Waals surface area contributed by atoms with E-state index in [1.165, 1.54) is 12.8 Å². The van der Waals surface area contributed by atoms with Crippen molar-refractivity contribution in [1.29, 1.82) is 0 Å². The summed E-state index contributed by atoms with van der Waals surface area (Å²) >= 11 is 0. The number of hydrogen-bond acceptors (Lipinski definition) is 6. The lowest BCUT2D eigenvalue weighted by Gasteiger charge is -2.58. The highest BCUT2D eigenvalue weighted by Crippen LogP contribution is 2.56. The number of nitrogens with one attached hydrogen (secondary N) is 3. The van der Waals surface area contributed by atoms with E-state index in [0.717, 1.165) is 36.0 Å². The second-order valence-electron chi connectivity index (χ2n) is 8.57. The third-order valence-corrected chi connectivity index (χ3v) is 6.81. The molecule has 4 saturated carbocycles. The van der Waals surface area contributed by atoms with Gasteiger partial charge in [0.05, 0.1) is 16.9 Å². The zero-order chi connectivity index (χ0) is 18.2. The van der Waals surface area contributed by atoms with Gasteiger partial charge in [0.15, 0.2) is 0 Å². The molecule has 7 rings (SSSR count). The predicted molar refractivity (Wildman–Crippen MR) is 98.1 cm³/mol. The maximum atomic E-state index is 11.5. The minimum Gasteiger partial charge on any atom is -0.390 e. The van der Waals surface area contributed by atoms with Gasteiger partial charge in [0.25, 0.3) is 5.89 Å². The van der Waals surface area contributed by atoms with Crippen molar-refractivity contribution >= 4 is 16.7 Å². The number of rotatable bonds is 3. The van der Waals surface area contributed by atoms with Crippen molar-refractivity contribution in [2.45, 2.75) is 43.7 Å². The number of H-pyrrole nitrogens is 2. The van der Waals surface area contributed by atoms with Crippen molar-refractivity contribution in [2.75, 3.05) is 5.32 Å². The van der Waals surface area contributed by atoms with Gasteiger partial charge < -0.3 is 19.8 Å². The quantitative estimate of drug-likeness (QED) is 0.564. The molecular weight excluding hydrogens is 346 g/mol. The molecule has 4 aliphatic carbocycles. The van der Waals surface area contributed by atoms with Gasteiger partial charge in [-0.1, -0.05) is 0 Å². The van der Waals surface area contributed by atoms with Gasteiger partial charge in [0.1, 0.15) is 5.65 Å². The molecule has 8 nitrogen and oxygen atoms in total. The Morgan fingerprint density at radius 3 is 2.78 bits per heavy atom. The third kappa shape index (κ3) is 2.29. The van der Waals surface area contributed by atoms with E-state index in [0.29, 0.717) is 29.4 Å². The lowest BCUT2D eigenvalue weighted by molar-refractivity contribution is -0.129. The largest absolute Gasteiger partial charge is 0.434 e. The molecule has 5 atom stereocenters. The van der Waals surface area contributed by atoms with Crippen molar-refractivity contribution in [3.05, 3.63) is 29.0 Å². The molecular formula is C19H21N5O3. The monoisotopic (exact) mass is 367 g/mol. The van der Waals surface area contributed by atoms with E-state index >= 15 is 0 Å². The number of nitrogens with zero attached hydrogens (tertiary/aromatic N) is 2. The van der Waals surface area contributed by atoms with Gasteiger partial charge in [-0.3, -0.25) is 0 Å². The Morgan fingerprint density at radius 2 is 2.07 bits per heavy atom. The molecule has 8 heteroatoms. The fourth-order valence-corrected chi connectivity index (χ4v) is 6.05. The van der Waals surface area contributed by atoms with Gasteiger partial charge in [-0.2, -0.15) is 0 Å². The Kier molecular flexibility index (Phi) is 2.99. The van der Waals surface area contributed by atoms with E-state index in [1.807, 2.05) is 12.3 Å². The summed E-state index contributed by atoms with van der Waals surface area (Å²) in [6.07, 6.45) is 8.58. The lowest BCUT2D eigenvalue weighted by atomic mass is 9.52. The van der Waals surface area contributed by atoms with E-state index in [9.17, 15) is 9.90 Å². The highest BCUT2D eigenvalue weighted by molar-refractivity contribution is 5.97. The van der Waals surface area contributed by atoms with E-state index in [-0.39, 0.29) is 5.89 Å². The molecule has 3 unspecified atom stereocenters. The summed E-state index contributed by atoms with van der Waals surface area (Å²) in [7, 11) is 0. The number of fused-ring (bicyclic) bond motifs is 1. The van der Waals surface area contributed by atoms with Gasteiger partial charge in [-0.15, -0.1) is 5.10 Å². The first-order valence-corrected chi connectivity index (χ1v) is 9.59. The lowest BCUT2D eigenvalue weighted by Crippen LogP contribution is -2.59. The van der Waals surface area contributed by atoms with Crippen LogP contribution in [0, 0.1) is 17.8 Å². The third-order valence-electron chi connectivity index (χ3n) is 6.81. The van der Waals surface area contributed by atoms with Crippen LogP contribution in [-0.4, -0.2) is 36.9 Å². The van der Waals surface area contributed by atoms with E-state index in [2.05, 4.69) is 25.5 Å². The number of aromatic nitrogens is 4. The van der Waals surface area contributed by atoms with Gasteiger partial charge in [-0.25, -0.2) is 14.9 Å². The highest BCUT2D eigenvalue weighted by atomic mass is 16.4. The normalized spacial score (nSPS) is 34.4. The minimum atomic E-state index is -0.582. The second-order valence-corrected chi connectivity index (χ2v) is 8.57. The summed E-state index contributed by atoms with van der Waals surface area (Å²) in [6, 6.07) is 2.27. The predicted octanol–water partition coefficient (Wildman–Crippen LogP) is 2.26. The molecule has 3 aromatic rings. The fourth-order valence-electron chi connectivity index (χ4n) is 6.05. The zero-order valence-corrected chi connectivity index (χ0v) is 14.7. The molecule has 0 amide bonds. The van der Waals surface area contributed by atoms with Crippen molar-refractivity contribution in [2.24, 2.45) is 17.8 Å². The van der Waals surface area contributed by atoms with Crippen molar-refractivity contribution in [3.63, 3.8) is 0 Å². The first kappa shape index (κ1) is 15.4. The maximum absolute atomic E-state index is 11.5. The van der Waals surface area contributed by atoms with Crippen molar-refractivity contribution < 1.29 is 9.52 Å². The topological polar surface area (TPSA) is 120 Å². The molecule has 140 valence electrons. The Balaban J connectivity index is 1.44. The summed E-state index contributed by atoms with van der Waals surface area (Å²) in [6.45, 7) is 0. The number of pyridine rings is 1. The van der Waals surface area contributed by atoms with Crippen LogP contribution in [0.3, 0.4) is 0 Å². The SMILES string of the molecule is O=c1[nH]nc(-c2cnc3[nH]ccc3c2NC2[C@@H]3CC4C[C@H]2CC(O)(C4)C3)o1. The molecule has 4 N–H and O–H groups in total. The van der Waals surface area contributed by atoms with Gasteiger partial charge in [0, 0.05) is 23.8 Å².